The average Bonchev–Trinajstić information content (AvgIpc) is 3.17. The van der Waals surface area contributed by atoms with Gasteiger partial charge in [0, 0.05) is 16.1 Å². The zero-order valence-corrected chi connectivity index (χ0v) is 12.9. The van der Waals surface area contributed by atoms with E-state index in [0.717, 1.165) is 28.2 Å². The van der Waals surface area contributed by atoms with Gasteiger partial charge < -0.3 is 10.1 Å². The Kier molecular flexibility index (Phi) is 4.03. The van der Waals surface area contributed by atoms with Crippen LogP contribution in [0.5, 0.6) is 5.75 Å². The fourth-order valence-corrected chi connectivity index (χ4v) is 2.47. The Balaban J connectivity index is 1.68. The first-order valence-corrected chi connectivity index (χ1v) is 7.48. The predicted molar refractivity (Wildman–Crippen MR) is 79.7 cm³/mol. The third-order valence-electron chi connectivity index (χ3n) is 3.28. The molecule has 1 heterocycles. The summed E-state index contributed by atoms with van der Waals surface area (Å²) >= 11 is 3.48. The minimum Gasteiger partial charge on any atom is -0.496 e. The Morgan fingerprint density at radius 3 is 3.05 bits per heavy atom. The van der Waals surface area contributed by atoms with E-state index in [-0.39, 0.29) is 0 Å². The van der Waals surface area contributed by atoms with Crippen LogP contribution in [0.2, 0.25) is 0 Å². The van der Waals surface area contributed by atoms with Gasteiger partial charge in [-0.05, 0) is 31.0 Å². The first kappa shape index (κ1) is 13.6. The molecule has 1 saturated carbocycles. The predicted octanol–water partition coefficient (Wildman–Crippen LogP) is 2.35. The molecule has 0 unspecified atom stereocenters. The van der Waals surface area contributed by atoms with E-state index in [4.69, 9.17) is 4.74 Å². The Morgan fingerprint density at radius 2 is 2.30 bits per heavy atom. The quantitative estimate of drug-likeness (QED) is 0.879. The lowest BCUT2D eigenvalue weighted by atomic mass is 10.2. The van der Waals surface area contributed by atoms with Gasteiger partial charge in [0.1, 0.15) is 12.1 Å². The molecule has 2 aromatic rings. The van der Waals surface area contributed by atoms with Crippen molar-refractivity contribution < 1.29 is 4.74 Å². The van der Waals surface area contributed by atoms with E-state index in [1.165, 1.54) is 12.8 Å². The van der Waals surface area contributed by atoms with Gasteiger partial charge in [0.25, 0.3) is 0 Å². The molecule has 20 heavy (non-hydrogen) atoms. The lowest BCUT2D eigenvalue weighted by molar-refractivity contribution is 0.407. The topological polar surface area (TPSA) is 52.0 Å². The maximum Gasteiger partial charge on any atom is 0.164 e. The van der Waals surface area contributed by atoms with Crippen LogP contribution in [0.3, 0.4) is 0 Å². The van der Waals surface area contributed by atoms with Crippen LogP contribution in [0.4, 0.5) is 0 Å². The van der Waals surface area contributed by atoms with Crippen molar-refractivity contribution in [1.82, 2.24) is 20.1 Å². The number of aromatic nitrogens is 3. The van der Waals surface area contributed by atoms with Crippen molar-refractivity contribution in [1.29, 1.82) is 0 Å². The van der Waals surface area contributed by atoms with Gasteiger partial charge in [0.15, 0.2) is 5.82 Å². The molecule has 0 spiro atoms. The highest BCUT2D eigenvalue weighted by molar-refractivity contribution is 9.10. The summed E-state index contributed by atoms with van der Waals surface area (Å²) in [5, 5.41) is 7.89. The molecule has 106 valence electrons. The summed E-state index contributed by atoms with van der Waals surface area (Å²) in [6.45, 7) is 1.40. The largest absolute Gasteiger partial charge is 0.496 e. The molecular formula is C14H17BrN4O. The zero-order valence-electron chi connectivity index (χ0n) is 11.3. The molecule has 0 radical (unpaired) electrons. The summed E-state index contributed by atoms with van der Waals surface area (Å²) in [7, 11) is 1.68. The van der Waals surface area contributed by atoms with Crippen molar-refractivity contribution in [3.8, 4) is 5.75 Å². The zero-order chi connectivity index (χ0) is 13.9. The Morgan fingerprint density at radius 1 is 1.45 bits per heavy atom. The number of hydrogen-bond donors (Lipinski definition) is 1. The molecule has 1 aliphatic carbocycles. The molecule has 0 bridgehead atoms. The molecular weight excluding hydrogens is 320 g/mol. The van der Waals surface area contributed by atoms with Crippen molar-refractivity contribution in [3.63, 3.8) is 0 Å². The average molecular weight is 337 g/mol. The molecule has 0 aliphatic heterocycles. The van der Waals surface area contributed by atoms with E-state index in [0.29, 0.717) is 12.6 Å². The number of nitrogens with one attached hydrogen (secondary N) is 1. The van der Waals surface area contributed by atoms with Gasteiger partial charge in [0.05, 0.1) is 20.2 Å². The number of nitrogens with zero attached hydrogens (tertiary/aromatic N) is 3. The van der Waals surface area contributed by atoms with E-state index >= 15 is 0 Å². The second-order valence-corrected chi connectivity index (χ2v) is 5.89. The van der Waals surface area contributed by atoms with E-state index in [2.05, 4.69) is 31.3 Å². The lowest BCUT2D eigenvalue weighted by Gasteiger charge is -2.08. The minimum absolute atomic E-state index is 0.652. The number of ether oxygens (including phenoxy) is 1. The van der Waals surface area contributed by atoms with Crippen LogP contribution >= 0.6 is 15.9 Å². The third-order valence-corrected chi connectivity index (χ3v) is 3.78. The molecule has 0 amide bonds. The Hall–Kier alpha value is -1.40. The van der Waals surface area contributed by atoms with Crippen molar-refractivity contribution in [3.05, 3.63) is 40.4 Å². The summed E-state index contributed by atoms with van der Waals surface area (Å²) in [5.41, 5.74) is 1.08. The summed E-state index contributed by atoms with van der Waals surface area (Å²) in [6.07, 6.45) is 4.32. The summed E-state index contributed by atoms with van der Waals surface area (Å²) in [6, 6.07) is 6.63. The molecule has 0 atom stereocenters. The molecule has 1 aromatic heterocycles. The summed E-state index contributed by atoms with van der Waals surface area (Å²) in [5.74, 6) is 1.70. The smallest absolute Gasteiger partial charge is 0.164 e. The molecule has 3 rings (SSSR count). The van der Waals surface area contributed by atoms with Gasteiger partial charge in [-0.25, -0.2) is 9.67 Å². The second kappa shape index (κ2) is 5.93. The standard InChI is InChI=1S/C14H17BrN4O/c1-20-13-5-2-11(15)6-10(13)8-19-9-17-14(18-19)7-16-12-3-4-12/h2,5-6,9,12,16H,3-4,7-8H2,1H3. The molecule has 1 aliphatic rings. The van der Waals surface area contributed by atoms with Crippen LogP contribution in [0.1, 0.15) is 24.2 Å². The van der Waals surface area contributed by atoms with E-state index in [9.17, 15) is 0 Å². The molecule has 1 N–H and O–H groups in total. The Labute approximate surface area is 126 Å². The summed E-state index contributed by atoms with van der Waals surface area (Å²) < 4.78 is 8.24. The molecule has 1 fully saturated rings. The first-order chi connectivity index (χ1) is 9.74. The number of benzene rings is 1. The molecule has 6 heteroatoms. The van der Waals surface area contributed by atoms with Crippen LogP contribution < -0.4 is 10.1 Å². The highest BCUT2D eigenvalue weighted by Gasteiger charge is 2.20. The maximum atomic E-state index is 5.37. The van der Waals surface area contributed by atoms with Crippen molar-refractivity contribution >= 4 is 15.9 Å². The van der Waals surface area contributed by atoms with Gasteiger partial charge in [-0.15, -0.1) is 0 Å². The van der Waals surface area contributed by atoms with Gasteiger partial charge in [-0.1, -0.05) is 15.9 Å². The van der Waals surface area contributed by atoms with Crippen molar-refractivity contribution in [2.24, 2.45) is 0 Å². The SMILES string of the molecule is COc1ccc(Br)cc1Cn1cnc(CNC2CC2)n1. The third kappa shape index (κ3) is 3.37. The van der Waals surface area contributed by atoms with Gasteiger partial charge in [-0.3, -0.25) is 0 Å². The van der Waals surface area contributed by atoms with Crippen LogP contribution in [0, 0.1) is 0 Å². The van der Waals surface area contributed by atoms with Crippen molar-refractivity contribution in [2.75, 3.05) is 7.11 Å². The minimum atomic E-state index is 0.652. The lowest BCUT2D eigenvalue weighted by Crippen LogP contribution is -2.16. The monoisotopic (exact) mass is 336 g/mol. The fraction of sp³-hybridized carbons (Fsp3) is 0.429. The van der Waals surface area contributed by atoms with E-state index in [1.807, 2.05) is 22.9 Å². The highest BCUT2D eigenvalue weighted by atomic mass is 79.9. The summed E-state index contributed by atoms with van der Waals surface area (Å²) in [4.78, 5) is 4.33. The first-order valence-electron chi connectivity index (χ1n) is 6.69. The molecule has 0 saturated heterocycles. The molecule has 5 nitrogen and oxygen atoms in total. The second-order valence-electron chi connectivity index (χ2n) is 4.97. The van der Waals surface area contributed by atoms with Crippen LogP contribution in [-0.2, 0) is 13.1 Å². The fourth-order valence-electron chi connectivity index (χ4n) is 2.06. The van der Waals surface area contributed by atoms with Crippen LogP contribution in [0.25, 0.3) is 0 Å². The number of halogens is 1. The number of methoxy groups -OCH3 is 1. The Bertz CT molecular complexity index is 595. The van der Waals surface area contributed by atoms with Crippen molar-refractivity contribution in [2.45, 2.75) is 32.0 Å². The highest BCUT2D eigenvalue weighted by Crippen LogP contribution is 2.23. The number of rotatable bonds is 6. The van der Waals surface area contributed by atoms with Gasteiger partial charge >= 0.3 is 0 Å². The molecule has 1 aromatic carbocycles. The van der Waals surface area contributed by atoms with Gasteiger partial charge in [-0.2, -0.15) is 5.10 Å². The van der Waals surface area contributed by atoms with Gasteiger partial charge in [0.2, 0.25) is 0 Å². The van der Waals surface area contributed by atoms with E-state index in [1.54, 1.807) is 13.4 Å². The normalized spacial score (nSPS) is 14.5. The maximum absolute atomic E-state index is 5.37. The van der Waals surface area contributed by atoms with Crippen LogP contribution in [0.15, 0.2) is 29.0 Å². The van der Waals surface area contributed by atoms with Crippen LogP contribution in [-0.4, -0.2) is 27.9 Å². The number of hydrogen-bond acceptors (Lipinski definition) is 4. The van der Waals surface area contributed by atoms with E-state index < -0.39 is 0 Å².